The second-order valence-electron chi connectivity index (χ2n) is 10.1. The van der Waals surface area contributed by atoms with Crippen LogP contribution in [0.3, 0.4) is 0 Å². The first-order chi connectivity index (χ1) is 19.8. The molecule has 3 heterocycles. The van der Waals surface area contributed by atoms with Crippen LogP contribution in [0.5, 0.6) is 11.5 Å². The Bertz CT molecular complexity index is 1440. The van der Waals surface area contributed by atoms with Gasteiger partial charge in [0.15, 0.2) is 11.5 Å². The second-order valence-corrected chi connectivity index (χ2v) is 10.1. The Morgan fingerprint density at radius 1 is 0.800 bits per heavy atom. The molecule has 206 valence electrons. The Labute approximate surface area is 234 Å². The highest BCUT2D eigenvalue weighted by molar-refractivity contribution is 5.85. The average Bonchev–Trinajstić information content (AvgIpc) is 3.72. The number of benzene rings is 3. The van der Waals surface area contributed by atoms with Crippen molar-refractivity contribution in [2.24, 2.45) is 5.10 Å². The minimum absolute atomic E-state index is 0.453. The van der Waals surface area contributed by atoms with E-state index in [4.69, 9.17) is 14.5 Å². The third-order valence-electron chi connectivity index (χ3n) is 7.30. The van der Waals surface area contributed by atoms with Crippen LogP contribution in [0.25, 0.3) is 10.8 Å². The van der Waals surface area contributed by atoms with Crippen LogP contribution in [0.2, 0.25) is 0 Å². The van der Waals surface area contributed by atoms with Crippen molar-refractivity contribution in [2.45, 2.75) is 39.2 Å². The van der Waals surface area contributed by atoms with Crippen LogP contribution in [0, 0.1) is 0 Å². The van der Waals surface area contributed by atoms with E-state index in [1.807, 2.05) is 25.1 Å². The molecule has 0 spiro atoms. The van der Waals surface area contributed by atoms with Crippen molar-refractivity contribution in [3.63, 3.8) is 0 Å². The largest absolute Gasteiger partial charge is 0.490 e. The summed E-state index contributed by atoms with van der Waals surface area (Å²) in [5.41, 5.74) is 5.04. The van der Waals surface area contributed by atoms with Gasteiger partial charge >= 0.3 is 0 Å². The fourth-order valence-electron chi connectivity index (χ4n) is 5.25. The maximum absolute atomic E-state index is 6.22. The predicted octanol–water partition coefficient (Wildman–Crippen LogP) is 5.65. The van der Waals surface area contributed by atoms with E-state index < -0.39 is 0 Å². The van der Waals surface area contributed by atoms with E-state index in [0.29, 0.717) is 30.7 Å². The Morgan fingerprint density at radius 3 is 2.23 bits per heavy atom. The lowest BCUT2D eigenvalue weighted by molar-refractivity contribution is 0.270. The smallest absolute Gasteiger partial charge is 0.250 e. The summed E-state index contributed by atoms with van der Waals surface area (Å²) in [5, 5.41) is 6.84. The summed E-state index contributed by atoms with van der Waals surface area (Å²) in [6, 6.07) is 20.4. The van der Waals surface area contributed by atoms with Crippen molar-refractivity contribution >= 4 is 34.8 Å². The molecule has 40 heavy (non-hydrogen) atoms. The van der Waals surface area contributed by atoms with Crippen LogP contribution in [-0.2, 0) is 6.61 Å². The maximum Gasteiger partial charge on any atom is 0.250 e. The number of hydrogen-bond donors (Lipinski definition) is 1. The molecule has 2 aliphatic heterocycles. The first-order valence-electron chi connectivity index (χ1n) is 14.2. The van der Waals surface area contributed by atoms with Crippen LogP contribution >= 0.6 is 0 Å². The van der Waals surface area contributed by atoms with Gasteiger partial charge in [-0.1, -0.05) is 42.5 Å². The zero-order valence-electron chi connectivity index (χ0n) is 22.9. The first kappa shape index (κ1) is 25.9. The first-order valence-corrected chi connectivity index (χ1v) is 14.2. The fraction of sp³-hybridized carbons (Fsp3) is 0.355. The van der Waals surface area contributed by atoms with Gasteiger partial charge in [-0.3, -0.25) is 0 Å². The monoisotopic (exact) mass is 537 g/mol. The Morgan fingerprint density at radius 2 is 1.50 bits per heavy atom. The van der Waals surface area contributed by atoms with Gasteiger partial charge in [0.25, 0.3) is 0 Å². The van der Waals surface area contributed by atoms with Crippen LogP contribution in [0.4, 0.5) is 17.8 Å². The Kier molecular flexibility index (Phi) is 7.88. The zero-order valence-corrected chi connectivity index (χ0v) is 22.9. The molecule has 0 amide bonds. The number of aromatic nitrogens is 3. The number of fused-ring (bicyclic) bond motifs is 1. The lowest BCUT2D eigenvalue weighted by atomic mass is 10.1. The summed E-state index contributed by atoms with van der Waals surface area (Å²) in [6.45, 7) is 6.85. The number of ether oxygens (including phenoxy) is 2. The van der Waals surface area contributed by atoms with Crippen LogP contribution in [0.15, 0.2) is 65.8 Å². The number of rotatable bonds is 10. The lowest BCUT2D eigenvalue weighted by Crippen LogP contribution is -2.25. The highest BCUT2D eigenvalue weighted by Crippen LogP contribution is 2.30. The maximum atomic E-state index is 6.22. The van der Waals surface area contributed by atoms with E-state index in [2.05, 4.69) is 72.8 Å². The molecule has 1 aromatic heterocycles. The Hall–Kier alpha value is -4.40. The molecule has 2 fully saturated rings. The standard InChI is InChI=1S/C31H35N7O2/c1-2-39-28-20-23(14-15-27(28)40-22-25-12-9-11-24-10-3-4-13-26(24)25)21-32-36-29-33-30(37-16-5-6-17-37)35-31(34-29)38-18-7-8-19-38/h3-4,9-15,20-21H,2,5-8,16-19,22H2,1H3,(H,33,34,35,36). The molecule has 0 saturated carbocycles. The molecule has 3 aromatic carbocycles. The van der Waals surface area contributed by atoms with E-state index in [-0.39, 0.29) is 0 Å². The molecule has 0 radical (unpaired) electrons. The van der Waals surface area contributed by atoms with Gasteiger partial charge in [0.1, 0.15) is 6.61 Å². The molecule has 2 aliphatic rings. The molecular weight excluding hydrogens is 502 g/mol. The summed E-state index contributed by atoms with van der Waals surface area (Å²) in [7, 11) is 0. The quantitative estimate of drug-likeness (QED) is 0.205. The molecule has 9 nitrogen and oxygen atoms in total. The van der Waals surface area contributed by atoms with Crippen molar-refractivity contribution < 1.29 is 9.47 Å². The van der Waals surface area contributed by atoms with Crippen LogP contribution in [-0.4, -0.2) is 54.0 Å². The SMILES string of the molecule is CCOc1cc(C=NNc2nc(N3CCCC3)nc(N3CCCC3)n2)ccc1OCc1cccc2ccccc12. The fourth-order valence-corrected chi connectivity index (χ4v) is 5.25. The number of hydrazone groups is 1. The van der Waals surface area contributed by atoms with Gasteiger partial charge in [-0.15, -0.1) is 0 Å². The third kappa shape index (κ3) is 5.93. The zero-order chi connectivity index (χ0) is 27.1. The van der Waals surface area contributed by atoms with E-state index in [0.717, 1.165) is 74.9 Å². The Balaban J connectivity index is 1.17. The second kappa shape index (κ2) is 12.2. The molecule has 0 unspecified atom stereocenters. The summed E-state index contributed by atoms with van der Waals surface area (Å²) in [5.74, 6) is 3.27. The van der Waals surface area contributed by atoms with Gasteiger partial charge in [0.2, 0.25) is 17.8 Å². The lowest BCUT2D eigenvalue weighted by Gasteiger charge is -2.20. The molecule has 6 rings (SSSR count). The van der Waals surface area contributed by atoms with E-state index >= 15 is 0 Å². The summed E-state index contributed by atoms with van der Waals surface area (Å²) in [6.07, 6.45) is 6.39. The summed E-state index contributed by atoms with van der Waals surface area (Å²) < 4.78 is 12.1. The van der Waals surface area contributed by atoms with Gasteiger partial charge in [-0.05, 0) is 72.7 Å². The van der Waals surface area contributed by atoms with Gasteiger partial charge in [-0.2, -0.15) is 20.1 Å². The van der Waals surface area contributed by atoms with Gasteiger partial charge < -0.3 is 19.3 Å². The molecule has 2 saturated heterocycles. The van der Waals surface area contributed by atoms with Crippen LogP contribution < -0.4 is 24.7 Å². The minimum atomic E-state index is 0.453. The number of nitrogens with one attached hydrogen (secondary N) is 1. The van der Waals surface area contributed by atoms with Gasteiger partial charge in [-0.25, -0.2) is 5.43 Å². The van der Waals surface area contributed by atoms with E-state index in [1.165, 1.54) is 10.8 Å². The van der Waals surface area contributed by atoms with Crippen molar-refractivity contribution in [3.05, 3.63) is 71.8 Å². The molecule has 0 atom stereocenters. The number of hydrogen-bond acceptors (Lipinski definition) is 9. The normalized spacial score (nSPS) is 15.3. The topological polar surface area (TPSA) is 88.0 Å². The van der Waals surface area contributed by atoms with Gasteiger partial charge in [0, 0.05) is 26.2 Å². The molecule has 4 aromatic rings. The highest BCUT2D eigenvalue weighted by Gasteiger charge is 2.21. The number of anilines is 3. The molecule has 0 bridgehead atoms. The molecule has 0 aliphatic carbocycles. The van der Waals surface area contributed by atoms with E-state index in [9.17, 15) is 0 Å². The van der Waals surface area contributed by atoms with Crippen molar-refractivity contribution in [3.8, 4) is 11.5 Å². The molecule has 9 heteroatoms. The van der Waals surface area contributed by atoms with Crippen molar-refractivity contribution in [2.75, 3.05) is 48.0 Å². The van der Waals surface area contributed by atoms with Crippen molar-refractivity contribution in [1.29, 1.82) is 0 Å². The van der Waals surface area contributed by atoms with Crippen molar-refractivity contribution in [1.82, 2.24) is 15.0 Å². The number of nitrogens with zero attached hydrogens (tertiary/aromatic N) is 6. The van der Waals surface area contributed by atoms with E-state index in [1.54, 1.807) is 6.21 Å². The minimum Gasteiger partial charge on any atom is -0.490 e. The van der Waals surface area contributed by atoms with Crippen LogP contribution in [0.1, 0.15) is 43.7 Å². The highest BCUT2D eigenvalue weighted by atomic mass is 16.5. The molecule has 1 N–H and O–H groups in total. The third-order valence-corrected chi connectivity index (χ3v) is 7.30. The average molecular weight is 538 g/mol. The predicted molar refractivity (Wildman–Crippen MR) is 160 cm³/mol. The summed E-state index contributed by atoms with van der Waals surface area (Å²) >= 11 is 0. The molecular formula is C31H35N7O2. The summed E-state index contributed by atoms with van der Waals surface area (Å²) in [4.78, 5) is 18.5. The van der Waals surface area contributed by atoms with Gasteiger partial charge in [0.05, 0.1) is 12.8 Å².